The molecule has 0 saturated heterocycles. The van der Waals surface area contributed by atoms with Crippen LogP contribution in [0, 0.1) is 20.8 Å². The van der Waals surface area contributed by atoms with E-state index in [9.17, 15) is 4.79 Å². The van der Waals surface area contributed by atoms with Gasteiger partial charge in [0.05, 0.1) is 5.56 Å². The molecule has 0 heterocycles. The van der Waals surface area contributed by atoms with Gasteiger partial charge in [0.1, 0.15) is 0 Å². The lowest BCUT2D eigenvalue weighted by Gasteiger charge is -2.08. The fraction of sp³-hybridized carbons (Fsp3) is 0.188. The van der Waals surface area contributed by atoms with Crippen molar-refractivity contribution in [3.63, 3.8) is 0 Å². The quantitative estimate of drug-likeness (QED) is 0.862. The lowest BCUT2D eigenvalue weighted by atomic mass is 9.97. The summed E-state index contributed by atoms with van der Waals surface area (Å²) in [6.07, 6.45) is 0. The summed E-state index contributed by atoms with van der Waals surface area (Å²) >= 11 is 0. The molecule has 2 aromatic rings. The van der Waals surface area contributed by atoms with Crippen molar-refractivity contribution in [2.45, 2.75) is 20.8 Å². The topological polar surface area (TPSA) is 37.3 Å². The van der Waals surface area contributed by atoms with Crippen molar-refractivity contribution in [3.8, 4) is 11.1 Å². The summed E-state index contributed by atoms with van der Waals surface area (Å²) in [5, 5.41) is 9.15. The molecule has 0 spiro atoms. The van der Waals surface area contributed by atoms with Crippen LogP contribution >= 0.6 is 0 Å². The number of aromatic carboxylic acids is 1. The zero-order valence-electron chi connectivity index (χ0n) is 10.8. The van der Waals surface area contributed by atoms with Gasteiger partial charge in [-0.2, -0.15) is 0 Å². The SMILES string of the molecule is Cc1cc(C)cc(-c2ccc(C)c(C(=O)O)c2)c1. The normalized spacial score (nSPS) is 10.4. The first-order chi connectivity index (χ1) is 8.47. The molecule has 0 saturated carbocycles. The first kappa shape index (κ1) is 12.4. The summed E-state index contributed by atoms with van der Waals surface area (Å²) < 4.78 is 0. The van der Waals surface area contributed by atoms with Crippen molar-refractivity contribution < 1.29 is 9.90 Å². The zero-order chi connectivity index (χ0) is 13.3. The number of carboxylic acids is 1. The predicted octanol–water partition coefficient (Wildman–Crippen LogP) is 3.98. The second-order valence-electron chi connectivity index (χ2n) is 4.71. The molecule has 0 aromatic heterocycles. The first-order valence-electron chi connectivity index (χ1n) is 5.90. The Balaban J connectivity index is 2.57. The predicted molar refractivity (Wildman–Crippen MR) is 73.0 cm³/mol. The maximum atomic E-state index is 11.1. The molecule has 1 N–H and O–H groups in total. The van der Waals surface area contributed by atoms with Gasteiger partial charge in [-0.1, -0.05) is 41.5 Å². The third-order valence-corrected chi connectivity index (χ3v) is 3.02. The lowest BCUT2D eigenvalue weighted by Crippen LogP contribution is -1.99. The van der Waals surface area contributed by atoms with Crippen LogP contribution in [0.4, 0.5) is 0 Å². The van der Waals surface area contributed by atoms with E-state index in [1.165, 1.54) is 11.1 Å². The fourth-order valence-electron chi connectivity index (χ4n) is 2.17. The van der Waals surface area contributed by atoms with Gasteiger partial charge in [-0.25, -0.2) is 4.79 Å². The van der Waals surface area contributed by atoms with E-state index in [-0.39, 0.29) is 0 Å². The highest BCUT2D eigenvalue weighted by Gasteiger charge is 2.09. The molecular formula is C16H16O2. The van der Waals surface area contributed by atoms with Crippen molar-refractivity contribution >= 4 is 5.97 Å². The molecule has 2 nitrogen and oxygen atoms in total. The van der Waals surface area contributed by atoms with Gasteiger partial charge in [0.25, 0.3) is 0 Å². The Hall–Kier alpha value is -2.09. The average molecular weight is 240 g/mol. The summed E-state index contributed by atoms with van der Waals surface area (Å²) in [5.41, 5.74) is 5.53. The molecule has 92 valence electrons. The lowest BCUT2D eigenvalue weighted by molar-refractivity contribution is 0.0696. The Morgan fingerprint density at radius 1 is 0.889 bits per heavy atom. The minimum atomic E-state index is -0.876. The molecule has 2 rings (SSSR count). The smallest absolute Gasteiger partial charge is 0.335 e. The number of carboxylic acid groups (broad SMARTS) is 1. The Morgan fingerprint density at radius 3 is 2.06 bits per heavy atom. The molecule has 0 aliphatic rings. The van der Waals surface area contributed by atoms with Crippen LogP contribution in [0.3, 0.4) is 0 Å². The Labute approximate surface area is 107 Å². The van der Waals surface area contributed by atoms with Crippen LogP contribution in [0.2, 0.25) is 0 Å². The van der Waals surface area contributed by atoms with E-state index >= 15 is 0 Å². The van der Waals surface area contributed by atoms with E-state index in [1.807, 2.05) is 32.9 Å². The van der Waals surface area contributed by atoms with Gasteiger partial charge >= 0.3 is 5.97 Å². The van der Waals surface area contributed by atoms with Crippen LogP contribution in [0.1, 0.15) is 27.0 Å². The molecule has 0 radical (unpaired) electrons. The summed E-state index contributed by atoms with van der Waals surface area (Å²) in [5.74, 6) is -0.876. The molecule has 0 atom stereocenters. The van der Waals surface area contributed by atoms with Gasteiger partial charge in [-0.05, 0) is 43.5 Å². The zero-order valence-corrected chi connectivity index (χ0v) is 10.8. The largest absolute Gasteiger partial charge is 0.478 e. The Kier molecular flexibility index (Phi) is 3.19. The van der Waals surface area contributed by atoms with Crippen LogP contribution in [0.25, 0.3) is 11.1 Å². The number of hydrogen-bond acceptors (Lipinski definition) is 1. The highest BCUT2D eigenvalue weighted by Crippen LogP contribution is 2.24. The number of benzene rings is 2. The van der Waals surface area contributed by atoms with Crippen molar-refractivity contribution in [1.29, 1.82) is 0 Å². The summed E-state index contributed by atoms with van der Waals surface area (Å²) in [6, 6.07) is 11.8. The van der Waals surface area contributed by atoms with Crippen molar-refractivity contribution in [2.75, 3.05) is 0 Å². The van der Waals surface area contributed by atoms with Crippen LogP contribution < -0.4 is 0 Å². The molecule has 2 aromatic carbocycles. The third kappa shape index (κ3) is 2.43. The van der Waals surface area contributed by atoms with Gasteiger partial charge < -0.3 is 5.11 Å². The van der Waals surface area contributed by atoms with Crippen LogP contribution in [-0.4, -0.2) is 11.1 Å². The standard InChI is InChI=1S/C16H16O2/c1-10-6-11(2)8-14(7-10)13-5-4-12(3)15(9-13)16(17)18/h4-9H,1-3H3,(H,17,18). The van der Waals surface area contributed by atoms with Crippen LogP contribution in [0.15, 0.2) is 36.4 Å². The van der Waals surface area contributed by atoms with Crippen molar-refractivity contribution in [2.24, 2.45) is 0 Å². The molecule has 2 heteroatoms. The van der Waals surface area contributed by atoms with E-state index in [1.54, 1.807) is 6.07 Å². The third-order valence-electron chi connectivity index (χ3n) is 3.02. The van der Waals surface area contributed by atoms with Crippen molar-refractivity contribution in [3.05, 3.63) is 58.7 Å². The molecular weight excluding hydrogens is 224 g/mol. The van der Waals surface area contributed by atoms with Gasteiger partial charge in [-0.3, -0.25) is 0 Å². The molecule has 0 unspecified atom stereocenters. The first-order valence-corrected chi connectivity index (χ1v) is 5.90. The van der Waals surface area contributed by atoms with Crippen LogP contribution in [-0.2, 0) is 0 Å². The second kappa shape index (κ2) is 4.65. The van der Waals surface area contributed by atoms with E-state index in [4.69, 9.17) is 5.11 Å². The van der Waals surface area contributed by atoms with E-state index in [0.29, 0.717) is 5.56 Å². The van der Waals surface area contributed by atoms with Gasteiger partial charge in [-0.15, -0.1) is 0 Å². The fourth-order valence-corrected chi connectivity index (χ4v) is 2.17. The summed E-state index contributed by atoms with van der Waals surface area (Å²) in [4.78, 5) is 11.1. The Morgan fingerprint density at radius 2 is 1.50 bits per heavy atom. The minimum Gasteiger partial charge on any atom is -0.478 e. The van der Waals surface area contributed by atoms with Gasteiger partial charge in [0.2, 0.25) is 0 Å². The molecule has 0 amide bonds. The average Bonchev–Trinajstić information content (AvgIpc) is 2.27. The monoisotopic (exact) mass is 240 g/mol. The van der Waals surface area contributed by atoms with Gasteiger partial charge in [0, 0.05) is 0 Å². The molecule has 0 aliphatic heterocycles. The maximum Gasteiger partial charge on any atom is 0.335 e. The van der Waals surface area contributed by atoms with E-state index in [2.05, 4.69) is 18.2 Å². The molecule has 0 fully saturated rings. The van der Waals surface area contributed by atoms with Crippen LogP contribution in [0.5, 0.6) is 0 Å². The van der Waals surface area contributed by atoms with E-state index in [0.717, 1.165) is 16.7 Å². The maximum absolute atomic E-state index is 11.1. The van der Waals surface area contributed by atoms with Gasteiger partial charge in [0.15, 0.2) is 0 Å². The Bertz CT molecular complexity index is 592. The minimum absolute atomic E-state index is 0.367. The summed E-state index contributed by atoms with van der Waals surface area (Å²) in [7, 11) is 0. The number of rotatable bonds is 2. The highest BCUT2D eigenvalue weighted by molar-refractivity contribution is 5.91. The molecule has 0 bridgehead atoms. The molecule has 18 heavy (non-hydrogen) atoms. The number of carbonyl (C=O) groups is 1. The highest BCUT2D eigenvalue weighted by atomic mass is 16.4. The van der Waals surface area contributed by atoms with Crippen molar-refractivity contribution in [1.82, 2.24) is 0 Å². The second-order valence-corrected chi connectivity index (χ2v) is 4.71. The number of hydrogen-bond donors (Lipinski definition) is 1. The molecule has 0 aliphatic carbocycles. The number of aryl methyl sites for hydroxylation is 3. The summed E-state index contributed by atoms with van der Waals surface area (Å²) in [6.45, 7) is 5.90. The van der Waals surface area contributed by atoms with E-state index < -0.39 is 5.97 Å².